The molecule has 0 atom stereocenters. The highest BCUT2D eigenvalue weighted by atomic mass is 16.5. The Morgan fingerprint density at radius 1 is 1.04 bits per heavy atom. The highest BCUT2D eigenvalue weighted by Crippen LogP contribution is 2.24. The second-order valence-corrected chi connectivity index (χ2v) is 6.43. The molecule has 0 heterocycles. The number of rotatable bonds is 7. The van der Waals surface area contributed by atoms with Gasteiger partial charge in [-0.2, -0.15) is 0 Å². The quantitative estimate of drug-likeness (QED) is 0.716. The predicted molar refractivity (Wildman–Crippen MR) is 103 cm³/mol. The molecular weight excluding hydrogens is 360 g/mol. The van der Waals surface area contributed by atoms with Crippen LogP contribution in [0.3, 0.4) is 0 Å². The molecule has 2 aromatic carbocycles. The molecule has 2 aromatic rings. The van der Waals surface area contributed by atoms with Gasteiger partial charge in [0.2, 0.25) is 0 Å². The highest BCUT2D eigenvalue weighted by molar-refractivity contribution is 5.98. The Morgan fingerprint density at radius 2 is 1.82 bits per heavy atom. The summed E-state index contributed by atoms with van der Waals surface area (Å²) in [5.74, 6) is -1.19. The first-order valence-electron chi connectivity index (χ1n) is 9.05. The number of nitrogens with one attached hydrogen (secondary N) is 2. The minimum atomic E-state index is -0.702. The molecule has 0 saturated carbocycles. The number of esters is 1. The number of benzene rings is 2. The fraction of sp³-hybridized carbons (Fsp3) is 0.286. The number of ether oxygens (including phenoxy) is 2. The molecule has 146 valence electrons. The van der Waals surface area contributed by atoms with Crippen LogP contribution < -0.4 is 15.4 Å². The van der Waals surface area contributed by atoms with E-state index in [0.717, 1.165) is 19.3 Å². The van der Waals surface area contributed by atoms with Gasteiger partial charge in [0.1, 0.15) is 12.3 Å². The molecule has 28 heavy (non-hydrogen) atoms. The standard InChI is InChI=1S/C21H22N2O5/c1-27-18-8-3-2-7-17(18)21(26)22-12-20(25)28-13-19(24)23-16-10-9-14-5-4-6-15(14)11-16/h2-3,7-11H,4-6,12-13H2,1H3,(H,22,26)(H,23,24). The number of hydrogen-bond donors (Lipinski definition) is 2. The van der Waals surface area contributed by atoms with Gasteiger partial charge in [-0.25, -0.2) is 0 Å². The Morgan fingerprint density at radius 3 is 2.64 bits per heavy atom. The van der Waals surface area contributed by atoms with Crippen molar-refractivity contribution in [3.63, 3.8) is 0 Å². The lowest BCUT2D eigenvalue weighted by Gasteiger charge is -2.10. The van der Waals surface area contributed by atoms with Gasteiger partial charge in [0, 0.05) is 5.69 Å². The van der Waals surface area contributed by atoms with Crippen molar-refractivity contribution in [2.75, 3.05) is 25.6 Å². The first kappa shape index (κ1) is 19.4. The number of aryl methyl sites for hydroxylation is 2. The minimum Gasteiger partial charge on any atom is -0.496 e. The van der Waals surface area contributed by atoms with E-state index in [1.165, 1.54) is 18.2 Å². The molecule has 2 amide bonds. The molecule has 3 rings (SSSR count). The number of anilines is 1. The zero-order valence-electron chi connectivity index (χ0n) is 15.6. The summed E-state index contributed by atoms with van der Waals surface area (Å²) in [6.07, 6.45) is 3.21. The first-order valence-corrected chi connectivity index (χ1v) is 9.05. The normalized spacial score (nSPS) is 12.0. The lowest BCUT2D eigenvalue weighted by Crippen LogP contribution is -2.32. The van der Waals surface area contributed by atoms with Crippen LogP contribution in [0.1, 0.15) is 27.9 Å². The highest BCUT2D eigenvalue weighted by Gasteiger charge is 2.15. The van der Waals surface area contributed by atoms with E-state index in [0.29, 0.717) is 17.0 Å². The summed E-state index contributed by atoms with van der Waals surface area (Å²) in [4.78, 5) is 35.9. The van der Waals surface area contributed by atoms with Gasteiger partial charge in [-0.1, -0.05) is 18.2 Å². The molecule has 7 heteroatoms. The third-order valence-electron chi connectivity index (χ3n) is 4.49. The van der Waals surface area contributed by atoms with E-state index in [9.17, 15) is 14.4 Å². The smallest absolute Gasteiger partial charge is 0.325 e. The van der Waals surface area contributed by atoms with Crippen molar-refractivity contribution >= 4 is 23.5 Å². The Balaban J connectivity index is 1.42. The second kappa shape index (κ2) is 9.03. The summed E-state index contributed by atoms with van der Waals surface area (Å²) < 4.78 is 10.0. The van der Waals surface area contributed by atoms with E-state index in [1.54, 1.807) is 24.3 Å². The fourth-order valence-electron chi connectivity index (χ4n) is 3.12. The number of carbonyl (C=O) groups is 3. The van der Waals surface area contributed by atoms with Gasteiger partial charge in [0.15, 0.2) is 6.61 Å². The zero-order chi connectivity index (χ0) is 19.9. The third kappa shape index (κ3) is 4.88. The van der Waals surface area contributed by atoms with Crippen molar-refractivity contribution in [2.45, 2.75) is 19.3 Å². The van der Waals surface area contributed by atoms with Crippen molar-refractivity contribution < 1.29 is 23.9 Å². The number of methoxy groups -OCH3 is 1. The lowest BCUT2D eigenvalue weighted by atomic mass is 10.1. The Kier molecular flexibility index (Phi) is 6.26. The van der Waals surface area contributed by atoms with Gasteiger partial charge >= 0.3 is 5.97 Å². The molecule has 0 spiro atoms. The number of amides is 2. The zero-order valence-corrected chi connectivity index (χ0v) is 15.6. The summed E-state index contributed by atoms with van der Waals surface area (Å²) in [5.41, 5.74) is 3.56. The Labute approximate surface area is 163 Å². The Hall–Kier alpha value is -3.35. The van der Waals surface area contributed by atoms with E-state index in [4.69, 9.17) is 9.47 Å². The molecule has 0 saturated heterocycles. The molecule has 1 aliphatic rings. The molecule has 0 radical (unpaired) electrons. The summed E-state index contributed by atoms with van der Waals surface area (Å²) in [5, 5.41) is 5.16. The maximum Gasteiger partial charge on any atom is 0.325 e. The van der Waals surface area contributed by atoms with Crippen molar-refractivity contribution in [2.24, 2.45) is 0 Å². The van der Waals surface area contributed by atoms with Gasteiger partial charge in [0.05, 0.1) is 12.7 Å². The van der Waals surface area contributed by atoms with Crippen LogP contribution in [-0.2, 0) is 27.2 Å². The van der Waals surface area contributed by atoms with Gasteiger partial charge in [-0.05, 0) is 54.7 Å². The summed E-state index contributed by atoms with van der Waals surface area (Å²) >= 11 is 0. The monoisotopic (exact) mass is 382 g/mol. The molecule has 7 nitrogen and oxygen atoms in total. The van der Waals surface area contributed by atoms with Crippen LogP contribution in [0.25, 0.3) is 0 Å². The van der Waals surface area contributed by atoms with E-state index in [1.807, 2.05) is 18.2 Å². The van der Waals surface area contributed by atoms with Crippen molar-refractivity contribution in [1.29, 1.82) is 0 Å². The van der Waals surface area contributed by atoms with Gasteiger partial charge in [-0.15, -0.1) is 0 Å². The van der Waals surface area contributed by atoms with E-state index in [2.05, 4.69) is 10.6 Å². The van der Waals surface area contributed by atoms with Crippen LogP contribution in [0.4, 0.5) is 5.69 Å². The second-order valence-electron chi connectivity index (χ2n) is 6.43. The van der Waals surface area contributed by atoms with Gasteiger partial charge < -0.3 is 20.1 Å². The van der Waals surface area contributed by atoms with Gasteiger partial charge in [0.25, 0.3) is 11.8 Å². The fourth-order valence-corrected chi connectivity index (χ4v) is 3.12. The summed E-state index contributed by atoms with van der Waals surface area (Å²) in [6, 6.07) is 12.5. The molecular formula is C21H22N2O5. The van der Waals surface area contributed by atoms with E-state index in [-0.39, 0.29) is 6.54 Å². The maximum absolute atomic E-state index is 12.1. The predicted octanol–water partition coefficient (Wildman–Crippen LogP) is 2.10. The van der Waals surface area contributed by atoms with Crippen LogP contribution >= 0.6 is 0 Å². The molecule has 0 aromatic heterocycles. The minimum absolute atomic E-state index is 0.312. The number of carbonyl (C=O) groups excluding carboxylic acids is 3. The number of para-hydroxylation sites is 1. The lowest BCUT2D eigenvalue weighted by molar-refractivity contribution is -0.146. The number of hydrogen-bond acceptors (Lipinski definition) is 5. The van der Waals surface area contributed by atoms with E-state index >= 15 is 0 Å². The van der Waals surface area contributed by atoms with Crippen LogP contribution in [-0.4, -0.2) is 38.0 Å². The summed E-state index contributed by atoms with van der Waals surface area (Å²) in [7, 11) is 1.46. The molecule has 0 bridgehead atoms. The van der Waals surface area contributed by atoms with Crippen molar-refractivity contribution in [3.8, 4) is 5.75 Å². The molecule has 2 N–H and O–H groups in total. The third-order valence-corrected chi connectivity index (χ3v) is 4.49. The molecule has 0 unspecified atom stereocenters. The molecule has 1 aliphatic carbocycles. The van der Waals surface area contributed by atoms with Crippen LogP contribution in [0.5, 0.6) is 5.75 Å². The largest absolute Gasteiger partial charge is 0.496 e. The van der Waals surface area contributed by atoms with Crippen molar-refractivity contribution in [1.82, 2.24) is 5.32 Å². The van der Waals surface area contributed by atoms with Crippen molar-refractivity contribution in [3.05, 3.63) is 59.2 Å². The number of fused-ring (bicyclic) bond motifs is 1. The molecule has 0 aliphatic heterocycles. The maximum atomic E-state index is 12.1. The average molecular weight is 382 g/mol. The first-order chi connectivity index (χ1) is 13.6. The SMILES string of the molecule is COc1ccccc1C(=O)NCC(=O)OCC(=O)Nc1ccc2c(c1)CCC2. The van der Waals surface area contributed by atoms with E-state index < -0.39 is 24.4 Å². The summed E-state index contributed by atoms with van der Waals surface area (Å²) in [6.45, 7) is -0.760. The topological polar surface area (TPSA) is 93.7 Å². The van der Waals surface area contributed by atoms with Crippen LogP contribution in [0.15, 0.2) is 42.5 Å². The van der Waals surface area contributed by atoms with Gasteiger partial charge in [-0.3, -0.25) is 14.4 Å². The average Bonchev–Trinajstić information content (AvgIpc) is 3.18. The van der Waals surface area contributed by atoms with Crippen LogP contribution in [0, 0.1) is 0 Å². The van der Waals surface area contributed by atoms with Crippen LogP contribution in [0.2, 0.25) is 0 Å². The Bertz CT molecular complexity index is 894. The molecule has 0 fully saturated rings.